The van der Waals surface area contributed by atoms with E-state index in [1.54, 1.807) is 0 Å². The molecule has 0 radical (unpaired) electrons. The molecule has 0 unspecified atom stereocenters. The Labute approximate surface area is 230 Å². The minimum atomic E-state index is 0. The van der Waals surface area contributed by atoms with Gasteiger partial charge in [0.05, 0.1) is 5.52 Å². The van der Waals surface area contributed by atoms with Gasteiger partial charge in [-0.25, -0.2) is 4.57 Å². The van der Waals surface area contributed by atoms with Crippen molar-refractivity contribution >= 4 is 21.8 Å². The van der Waals surface area contributed by atoms with Crippen LogP contribution in [-0.2, 0) is 19.9 Å². The number of para-hydroxylation sites is 2. The molecule has 0 saturated heterocycles. The summed E-state index contributed by atoms with van der Waals surface area (Å²) in [6.45, 7) is 0. The fourth-order valence-corrected chi connectivity index (χ4v) is 4.46. The van der Waals surface area contributed by atoms with Gasteiger partial charge in [0.2, 0.25) is 5.52 Å². The maximum atomic E-state index is 4.48. The minimum Gasteiger partial charge on any atom is -1.00 e. The van der Waals surface area contributed by atoms with Crippen LogP contribution in [0.1, 0.15) is 22.3 Å². The molecular weight excluding hydrogens is 551 g/mol. The van der Waals surface area contributed by atoms with Gasteiger partial charge in [-0.1, -0.05) is 91.0 Å². The summed E-state index contributed by atoms with van der Waals surface area (Å²) in [6.07, 6.45) is 6.11. The topological polar surface area (TPSA) is 16.8 Å². The maximum Gasteiger partial charge on any atom is 0.212 e. The Morgan fingerprint density at radius 2 is 1.08 bits per heavy atom. The lowest BCUT2D eigenvalue weighted by molar-refractivity contribution is -0.645. The predicted molar refractivity (Wildman–Crippen MR) is 145 cm³/mol. The first kappa shape index (κ1) is 25.5. The highest BCUT2D eigenvalue weighted by Crippen LogP contribution is 2.16. The van der Waals surface area contributed by atoms with E-state index >= 15 is 0 Å². The zero-order valence-corrected chi connectivity index (χ0v) is 22.5. The second kappa shape index (κ2) is 12.4. The number of aryl methyl sites for hydroxylation is 1. The summed E-state index contributed by atoms with van der Waals surface area (Å²) in [5.74, 6) is 0. The molecule has 0 atom stereocenters. The quantitative estimate of drug-likeness (QED) is 0.227. The van der Waals surface area contributed by atoms with Crippen molar-refractivity contribution in [3.05, 3.63) is 156 Å². The van der Waals surface area contributed by atoms with Crippen molar-refractivity contribution < 1.29 is 28.5 Å². The summed E-state index contributed by atoms with van der Waals surface area (Å²) in [5, 5.41) is 2.51. The molecule has 6 aromatic rings. The lowest BCUT2D eigenvalue weighted by Gasteiger charge is -2.03. The number of fused-ring (bicyclic) bond motifs is 2. The highest BCUT2D eigenvalue weighted by Gasteiger charge is 2.07. The summed E-state index contributed by atoms with van der Waals surface area (Å²) in [5.41, 5.74) is 7.62. The van der Waals surface area contributed by atoms with Gasteiger partial charge in [0.25, 0.3) is 0 Å². The largest absolute Gasteiger partial charge is 1.00 e. The van der Waals surface area contributed by atoms with Crippen LogP contribution >= 0.6 is 0 Å². The fraction of sp³-hybridized carbons (Fsp3) is 0.0909. The summed E-state index contributed by atoms with van der Waals surface area (Å²) >= 11 is 0. The zero-order chi connectivity index (χ0) is 23.9. The molecule has 0 aliphatic carbocycles. The van der Waals surface area contributed by atoms with Crippen LogP contribution in [0, 0.1) is 0 Å². The molecule has 178 valence electrons. The van der Waals surface area contributed by atoms with Crippen molar-refractivity contribution in [2.75, 3.05) is 0 Å². The Morgan fingerprint density at radius 3 is 1.78 bits per heavy atom. The molecule has 0 N–H and O–H groups in total. The summed E-state index contributed by atoms with van der Waals surface area (Å²) in [4.78, 5) is 4.48. The molecule has 2 heterocycles. The van der Waals surface area contributed by atoms with Gasteiger partial charge in [-0.2, -0.15) is 0 Å². The van der Waals surface area contributed by atoms with E-state index in [1.165, 1.54) is 38.5 Å². The lowest BCUT2D eigenvalue weighted by Crippen LogP contribution is -3.00. The van der Waals surface area contributed by atoms with Gasteiger partial charge >= 0.3 is 0 Å². The summed E-state index contributed by atoms with van der Waals surface area (Å²) in [6, 6.07) is 42.3. The van der Waals surface area contributed by atoms with Crippen LogP contribution < -0.4 is 28.5 Å². The SMILES string of the molecule is C[n+]1cc(Cc2ccccc2)cc2ccccc21.[I-].c1ccc(Cc2cnc3ccccc3c2)cc1. The molecule has 0 aliphatic heterocycles. The highest BCUT2D eigenvalue weighted by molar-refractivity contribution is 5.78. The number of hydrogen-bond acceptors (Lipinski definition) is 1. The van der Waals surface area contributed by atoms with Gasteiger partial charge in [0.15, 0.2) is 6.20 Å². The Bertz CT molecular complexity index is 1550. The highest BCUT2D eigenvalue weighted by atomic mass is 127. The van der Waals surface area contributed by atoms with Gasteiger partial charge in [-0.05, 0) is 47.4 Å². The average Bonchev–Trinajstić information content (AvgIpc) is 2.90. The Balaban J connectivity index is 0.000000165. The van der Waals surface area contributed by atoms with Gasteiger partial charge in [-0.3, -0.25) is 4.98 Å². The molecule has 2 nitrogen and oxygen atoms in total. The van der Waals surface area contributed by atoms with E-state index in [9.17, 15) is 0 Å². The number of aromatic nitrogens is 2. The average molecular weight is 581 g/mol. The van der Waals surface area contributed by atoms with Gasteiger partial charge in [-0.15, -0.1) is 0 Å². The molecule has 2 aromatic heterocycles. The smallest absolute Gasteiger partial charge is 0.212 e. The second-order valence-corrected chi connectivity index (χ2v) is 8.88. The van der Waals surface area contributed by atoms with E-state index in [-0.39, 0.29) is 24.0 Å². The summed E-state index contributed by atoms with van der Waals surface area (Å²) < 4.78 is 2.20. The number of hydrogen-bond donors (Lipinski definition) is 0. The molecule has 0 fully saturated rings. The molecule has 0 saturated carbocycles. The van der Waals surface area contributed by atoms with Crippen LogP contribution in [0.3, 0.4) is 0 Å². The maximum absolute atomic E-state index is 4.48. The van der Waals surface area contributed by atoms with Crippen LogP contribution in [0.15, 0.2) is 134 Å². The van der Waals surface area contributed by atoms with Crippen molar-refractivity contribution in [3.63, 3.8) is 0 Å². The van der Waals surface area contributed by atoms with E-state index in [0.717, 1.165) is 18.4 Å². The number of benzene rings is 4. The molecule has 6 rings (SSSR count). The fourth-order valence-electron chi connectivity index (χ4n) is 4.46. The van der Waals surface area contributed by atoms with Crippen molar-refractivity contribution in [2.45, 2.75) is 12.8 Å². The van der Waals surface area contributed by atoms with Gasteiger partial charge in [0.1, 0.15) is 7.05 Å². The van der Waals surface area contributed by atoms with Crippen LogP contribution in [0.5, 0.6) is 0 Å². The monoisotopic (exact) mass is 580 g/mol. The zero-order valence-electron chi connectivity index (χ0n) is 20.4. The minimum absolute atomic E-state index is 0. The molecule has 36 heavy (non-hydrogen) atoms. The van der Waals surface area contributed by atoms with Crippen molar-refractivity contribution in [1.82, 2.24) is 4.98 Å². The number of halogens is 1. The first-order valence-electron chi connectivity index (χ1n) is 12.0. The van der Waals surface area contributed by atoms with E-state index < -0.39 is 0 Å². The van der Waals surface area contributed by atoms with Crippen molar-refractivity contribution in [1.29, 1.82) is 0 Å². The van der Waals surface area contributed by atoms with Crippen LogP contribution in [-0.4, -0.2) is 4.98 Å². The molecule has 0 amide bonds. The molecule has 3 heteroatoms. The number of nitrogens with zero attached hydrogens (tertiary/aromatic N) is 2. The second-order valence-electron chi connectivity index (χ2n) is 8.88. The Kier molecular flexibility index (Phi) is 8.80. The van der Waals surface area contributed by atoms with Crippen molar-refractivity contribution in [3.8, 4) is 0 Å². The Hall–Kier alpha value is -3.57. The molecule has 4 aromatic carbocycles. The van der Waals surface area contributed by atoms with E-state index in [0.29, 0.717) is 0 Å². The van der Waals surface area contributed by atoms with Crippen LogP contribution in [0.2, 0.25) is 0 Å². The standard InChI is InChI=1S/C17H16N.C16H13N.HI/c1-18-13-15(11-14-7-3-2-4-8-14)12-16-9-5-6-10-17(16)18;1-2-6-13(7-3-1)10-14-11-15-8-4-5-9-16(15)17-12-14;/h2-10,12-13H,11H2,1H3;1-9,11-12H,10H2;1H/q+1;;/p-1. The predicted octanol–water partition coefficient (Wildman–Crippen LogP) is 4.08. The molecule has 0 spiro atoms. The Morgan fingerprint density at radius 1 is 0.556 bits per heavy atom. The number of pyridine rings is 2. The van der Waals surface area contributed by atoms with E-state index in [4.69, 9.17) is 0 Å². The lowest BCUT2D eigenvalue weighted by atomic mass is 10.0. The molecule has 0 bridgehead atoms. The summed E-state index contributed by atoms with van der Waals surface area (Å²) in [7, 11) is 2.11. The van der Waals surface area contributed by atoms with Crippen LogP contribution in [0.25, 0.3) is 21.8 Å². The number of rotatable bonds is 4. The first-order chi connectivity index (χ1) is 17.2. The normalized spacial score (nSPS) is 10.4. The van der Waals surface area contributed by atoms with Gasteiger partial charge < -0.3 is 24.0 Å². The molecule has 0 aliphatic rings. The van der Waals surface area contributed by atoms with Crippen molar-refractivity contribution in [2.24, 2.45) is 7.05 Å². The third kappa shape index (κ3) is 6.55. The van der Waals surface area contributed by atoms with Gasteiger partial charge in [0, 0.05) is 35.0 Å². The third-order valence-corrected chi connectivity index (χ3v) is 6.17. The van der Waals surface area contributed by atoms with Crippen LogP contribution in [0.4, 0.5) is 0 Å². The molecular formula is C33H29IN2. The first-order valence-corrected chi connectivity index (χ1v) is 12.0. The van der Waals surface area contributed by atoms with E-state index in [2.05, 4.69) is 126 Å². The van der Waals surface area contributed by atoms with E-state index in [1.807, 2.05) is 24.4 Å². The third-order valence-electron chi connectivity index (χ3n) is 6.17.